The van der Waals surface area contributed by atoms with E-state index in [-0.39, 0.29) is 18.5 Å². The van der Waals surface area contributed by atoms with Crippen LogP contribution >= 0.6 is 0 Å². The summed E-state index contributed by atoms with van der Waals surface area (Å²) in [5, 5.41) is 12.8. The first kappa shape index (κ1) is 48.3. The summed E-state index contributed by atoms with van der Waals surface area (Å²) in [4.78, 5) is 25.4. The maximum absolute atomic E-state index is 12.8. The van der Waals surface area contributed by atoms with Crippen LogP contribution in [-0.2, 0) is 19.1 Å². The Hall–Kier alpha value is -1.66. The van der Waals surface area contributed by atoms with Gasteiger partial charge in [0.1, 0.15) is 6.10 Å². The molecule has 0 aromatic heterocycles. The molecule has 50 heavy (non-hydrogen) atoms. The summed E-state index contributed by atoms with van der Waals surface area (Å²) in [6, 6.07) is 0. The van der Waals surface area contributed by atoms with E-state index in [1.807, 2.05) is 13.8 Å². The number of allylic oxidation sites excluding steroid dienone is 4. The van der Waals surface area contributed by atoms with Crippen LogP contribution in [0.4, 0.5) is 0 Å². The van der Waals surface area contributed by atoms with E-state index >= 15 is 0 Å². The first-order valence-corrected chi connectivity index (χ1v) is 21.3. The van der Waals surface area contributed by atoms with Crippen molar-refractivity contribution in [2.24, 2.45) is 0 Å². The fourth-order valence-electron chi connectivity index (χ4n) is 6.19. The Kier molecular flexibility index (Phi) is 34.5. The normalized spacial score (nSPS) is 13.3. The Labute approximate surface area is 310 Å². The van der Waals surface area contributed by atoms with Gasteiger partial charge in [-0.3, -0.25) is 14.9 Å². The van der Waals surface area contributed by atoms with Gasteiger partial charge in [-0.1, -0.05) is 141 Å². The zero-order valence-electron chi connectivity index (χ0n) is 33.8. The highest BCUT2D eigenvalue weighted by Gasteiger charge is 2.30. The first-order chi connectivity index (χ1) is 24.3. The van der Waals surface area contributed by atoms with Crippen LogP contribution < -0.4 is 5.32 Å². The summed E-state index contributed by atoms with van der Waals surface area (Å²) in [5.74, 6) is -0.532. The first-order valence-electron chi connectivity index (χ1n) is 21.3. The average Bonchev–Trinajstić information content (AvgIpc) is 3.07. The van der Waals surface area contributed by atoms with Gasteiger partial charge in [0.05, 0.1) is 0 Å². The molecule has 0 saturated heterocycles. The molecule has 0 bridgehead atoms. The van der Waals surface area contributed by atoms with Gasteiger partial charge < -0.3 is 14.6 Å². The van der Waals surface area contributed by atoms with Gasteiger partial charge in [0.2, 0.25) is 0 Å². The molecular formula is C44H83NO5. The second-order valence-electron chi connectivity index (χ2n) is 15.3. The summed E-state index contributed by atoms with van der Waals surface area (Å²) in [7, 11) is 0. The molecule has 294 valence electrons. The van der Waals surface area contributed by atoms with E-state index in [1.165, 1.54) is 116 Å². The van der Waals surface area contributed by atoms with Gasteiger partial charge >= 0.3 is 11.9 Å². The molecule has 0 aliphatic carbocycles. The Morgan fingerprint density at radius 2 is 0.900 bits per heavy atom. The second kappa shape index (κ2) is 35.7. The lowest BCUT2D eigenvalue weighted by Crippen LogP contribution is -2.53. The number of unbranched alkanes of at least 4 members (excludes halogenated alkanes) is 22. The van der Waals surface area contributed by atoms with Crippen LogP contribution in [0.5, 0.6) is 0 Å². The fraction of sp³-hybridized carbons (Fsp3) is 0.864. The van der Waals surface area contributed by atoms with Crippen molar-refractivity contribution in [1.29, 1.82) is 0 Å². The van der Waals surface area contributed by atoms with Crippen LogP contribution in [0.25, 0.3) is 0 Å². The number of hydrogen-bond donors (Lipinski definition) is 2. The standard InChI is InChI=1S/C44H83NO5/c1-6-8-10-12-14-16-18-20-22-24-26-28-30-32-34-36-41(47)49-40(3)43(45-44(4,5)38-39-46)50-42(48)37-35-33-31-29-27-25-23-21-19-17-15-13-11-9-7-2/h20-23,40,43,45-46H,6-19,24-39H2,1-5H3. The molecule has 2 unspecified atom stereocenters. The predicted molar refractivity (Wildman–Crippen MR) is 213 cm³/mol. The van der Waals surface area contributed by atoms with Crippen LogP contribution in [0, 0.1) is 0 Å². The minimum absolute atomic E-state index is 0.0131. The molecule has 0 aliphatic heterocycles. The third-order valence-corrected chi connectivity index (χ3v) is 9.56. The molecule has 0 aliphatic rings. The molecule has 0 radical (unpaired) electrons. The molecule has 0 aromatic carbocycles. The second-order valence-corrected chi connectivity index (χ2v) is 15.3. The van der Waals surface area contributed by atoms with Crippen molar-refractivity contribution in [2.45, 2.75) is 239 Å². The Balaban J connectivity index is 4.21. The molecule has 6 heteroatoms. The monoisotopic (exact) mass is 706 g/mol. The molecule has 0 fully saturated rings. The Morgan fingerprint density at radius 3 is 1.28 bits per heavy atom. The minimum atomic E-state index is -0.759. The summed E-state index contributed by atoms with van der Waals surface area (Å²) in [6.45, 7) is 10.2. The topological polar surface area (TPSA) is 84.9 Å². The van der Waals surface area contributed by atoms with E-state index < -0.39 is 17.9 Å². The number of rotatable bonds is 37. The quantitative estimate of drug-likeness (QED) is 0.0290. The third kappa shape index (κ3) is 33.5. The molecular weight excluding hydrogens is 622 g/mol. The lowest BCUT2D eigenvalue weighted by atomic mass is 10.0. The molecule has 2 atom stereocenters. The number of hydrogen-bond acceptors (Lipinski definition) is 6. The van der Waals surface area contributed by atoms with E-state index in [2.05, 4.69) is 43.5 Å². The summed E-state index contributed by atoms with van der Waals surface area (Å²) < 4.78 is 11.6. The van der Waals surface area contributed by atoms with Gasteiger partial charge in [0.15, 0.2) is 6.23 Å². The lowest BCUT2D eigenvalue weighted by molar-refractivity contribution is -0.171. The molecule has 0 amide bonds. The molecule has 0 saturated carbocycles. The van der Waals surface area contributed by atoms with Crippen molar-refractivity contribution in [3.63, 3.8) is 0 Å². The highest BCUT2D eigenvalue weighted by Crippen LogP contribution is 2.17. The summed E-state index contributed by atoms with van der Waals surface area (Å²) >= 11 is 0. The molecule has 6 nitrogen and oxygen atoms in total. The Morgan fingerprint density at radius 1 is 0.560 bits per heavy atom. The van der Waals surface area contributed by atoms with Crippen molar-refractivity contribution < 1.29 is 24.2 Å². The fourth-order valence-corrected chi connectivity index (χ4v) is 6.19. The average molecular weight is 706 g/mol. The smallest absolute Gasteiger partial charge is 0.307 e. The van der Waals surface area contributed by atoms with E-state index in [0.29, 0.717) is 19.3 Å². The largest absolute Gasteiger partial charge is 0.457 e. The van der Waals surface area contributed by atoms with Gasteiger partial charge in [-0.05, 0) is 91.4 Å². The van der Waals surface area contributed by atoms with Crippen LogP contribution in [-0.4, -0.2) is 41.5 Å². The van der Waals surface area contributed by atoms with Crippen molar-refractivity contribution in [3.05, 3.63) is 24.3 Å². The van der Waals surface area contributed by atoms with Crippen molar-refractivity contribution in [3.8, 4) is 0 Å². The van der Waals surface area contributed by atoms with Gasteiger partial charge in [0.25, 0.3) is 0 Å². The number of carbonyl (C=O) groups is 2. The molecule has 0 rings (SSSR count). The number of esters is 2. The van der Waals surface area contributed by atoms with Crippen LogP contribution in [0.15, 0.2) is 24.3 Å². The molecule has 2 N–H and O–H groups in total. The summed E-state index contributed by atoms with van der Waals surface area (Å²) in [5.41, 5.74) is -0.479. The van der Waals surface area contributed by atoms with Crippen molar-refractivity contribution in [1.82, 2.24) is 5.32 Å². The lowest BCUT2D eigenvalue weighted by Gasteiger charge is -2.34. The van der Waals surface area contributed by atoms with Gasteiger partial charge in [-0.15, -0.1) is 0 Å². The van der Waals surface area contributed by atoms with Gasteiger partial charge in [-0.2, -0.15) is 0 Å². The van der Waals surface area contributed by atoms with Crippen molar-refractivity contribution in [2.75, 3.05) is 6.61 Å². The minimum Gasteiger partial charge on any atom is -0.457 e. The third-order valence-electron chi connectivity index (χ3n) is 9.56. The number of aliphatic hydroxyl groups excluding tert-OH is 1. The van der Waals surface area contributed by atoms with Crippen LogP contribution in [0.3, 0.4) is 0 Å². The SMILES string of the molecule is CCCCCCCCC=CCCCCCCCC(=O)OC(C)C(NC(C)(C)CCO)OC(=O)CCCCCCCC=CCCCCCCCC. The van der Waals surface area contributed by atoms with Gasteiger partial charge in [0, 0.05) is 25.0 Å². The summed E-state index contributed by atoms with van der Waals surface area (Å²) in [6.07, 6.45) is 40.7. The van der Waals surface area contributed by atoms with E-state index in [1.54, 1.807) is 6.92 Å². The van der Waals surface area contributed by atoms with E-state index in [9.17, 15) is 14.7 Å². The number of ether oxygens (including phenoxy) is 2. The number of aliphatic hydroxyl groups is 1. The maximum atomic E-state index is 12.8. The maximum Gasteiger partial charge on any atom is 0.307 e. The van der Waals surface area contributed by atoms with E-state index in [0.717, 1.165) is 51.4 Å². The number of nitrogens with one attached hydrogen (secondary N) is 1. The highest BCUT2D eigenvalue weighted by molar-refractivity contribution is 5.70. The van der Waals surface area contributed by atoms with Crippen LogP contribution in [0.2, 0.25) is 0 Å². The van der Waals surface area contributed by atoms with E-state index in [4.69, 9.17) is 9.47 Å². The number of carbonyl (C=O) groups excluding carboxylic acids is 2. The molecule has 0 aromatic rings. The molecule has 0 spiro atoms. The zero-order chi connectivity index (χ0) is 37.0. The van der Waals surface area contributed by atoms with Crippen LogP contribution in [0.1, 0.15) is 221 Å². The zero-order valence-corrected chi connectivity index (χ0v) is 33.8. The van der Waals surface area contributed by atoms with Gasteiger partial charge in [-0.25, -0.2) is 0 Å². The Bertz CT molecular complexity index is 823. The molecule has 0 heterocycles. The highest BCUT2D eigenvalue weighted by atomic mass is 16.6. The van der Waals surface area contributed by atoms with Crippen molar-refractivity contribution >= 4 is 11.9 Å². The predicted octanol–water partition coefficient (Wildman–Crippen LogP) is 12.6.